The van der Waals surface area contributed by atoms with Gasteiger partial charge in [-0.15, -0.1) is 0 Å². The topological polar surface area (TPSA) is 332 Å². The van der Waals surface area contributed by atoms with E-state index >= 15 is 33.2 Å². The molecule has 27 nitrogen and oxygen atoms in total. The molecular formula is C84H114FN11O16. The van der Waals surface area contributed by atoms with Crippen molar-refractivity contribution in [3.05, 3.63) is 144 Å². The number of methoxy groups -OCH3 is 1. The number of aryl methyl sites for hydroxylation is 2. The third-order valence-corrected chi connectivity index (χ3v) is 21.8. The minimum Gasteiger partial charge on any atom is -0.497 e. The van der Waals surface area contributed by atoms with Gasteiger partial charge in [0.2, 0.25) is 53.2 Å². The first-order valence-electron chi connectivity index (χ1n) is 39.2. The number of aliphatic hydroxyl groups excluding tert-OH is 1. The number of benzene rings is 4. The second-order valence-corrected chi connectivity index (χ2v) is 31.4. The number of hydrogen-bond acceptors (Lipinski definition) is 16. The van der Waals surface area contributed by atoms with Crippen LogP contribution in [0.25, 0.3) is 10.9 Å². The van der Waals surface area contributed by atoms with Crippen molar-refractivity contribution in [2.45, 2.75) is 197 Å². The van der Waals surface area contributed by atoms with Crippen molar-refractivity contribution in [2.75, 3.05) is 94.0 Å². The highest BCUT2D eigenvalue weighted by atomic mass is 19.1. The standard InChI is InChI=1S/C83H110FN11O16.CH3/c1-54(96)76-79(104)89-66(44-56-25-28-63(108-6)29-26-56)82(107)94-36-14-33-83(94,2)71(98)18-12-15-55-21-23-57(24-22-55)51-92-35-10-8-7-9-34-91-52-61(64-48-62(84)27-30-68(64)91)46-60-47-69(97)65(45-58-16-11-17-59(43-58)49-85-74(101)53-111-70-31-37-93(81(60)106)77(70)80(105)90-76)88-78(103)67(87-73(100)19-13-20-75(92)102)50-86-72(99)32-39-109-41-42-110-40-38-95(3,4)5;/h11,16-17,21-30,43,48,52,54,60,65-67,70,76-77,96H,7-10,12-15,18-20,31-42,44-47,49-51,53H2,1-6H3,(H5-,85,86,87,88,89,90,99,100,101,103,104,105);1H3/q;-1/p+1/t54-,60-,65+,66+,67-,70+,76+,77+,83+;/m1./s1. The minimum atomic E-state index is -1.81. The van der Waals surface area contributed by atoms with E-state index in [0.717, 1.165) is 24.1 Å². The van der Waals surface area contributed by atoms with E-state index in [1.807, 2.05) is 35.0 Å². The number of Topliss-reactive ketones (excluding diaryl/α,β-unsaturated/α-hetero) is 2. The van der Waals surface area contributed by atoms with Crippen LogP contribution in [0.4, 0.5) is 4.39 Å². The number of nitrogens with zero attached hydrogens (tertiary/aromatic N) is 5. The second-order valence-electron chi connectivity index (χ2n) is 31.4. The van der Waals surface area contributed by atoms with Crippen LogP contribution in [-0.2, 0) is 112 Å². The van der Waals surface area contributed by atoms with Gasteiger partial charge in [0.15, 0.2) is 11.6 Å². The Balaban J connectivity index is 0.0000144. The van der Waals surface area contributed by atoms with Crippen molar-refractivity contribution >= 4 is 75.6 Å². The quantitative estimate of drug-likeness (QED) is 0.0408. The fraction of sp³-hybridized carbons (Fsp3) is 0.548. The van der Waals surface area contributed by atoms with Crippen LogP contribution in [0.1, 0.15) is 137 Å². The van der Waals surface area contributed by atoms with Gasteiger partial charge in [0.25, 0.3) is 0 Å². The first kappa shape index (κ1) is 86.5. The molecule has 112 heavy (non-hydrogen) atoms. The lowest BCUT2D eigenvalue weighted by Gasteiger charge is -2.37. The van der Waals surface area contributed by atoms with Crippen LogP contribution in [0.3, 0.4) is 0 Å². The molecule has 5 aromatic rings. The molecule has 6 aliphatic heterocycles. The summed E-state index contributed by atoms with van der Waals surface area (Å²) in [5.41, 5.74) is 3.32. The Morgan fingerprint density at radius 3 is 2.16 bits per heavy atom. The molecule has 0 spiro atoms. The average Bonchev–Trinajstić information content (AvgIpc) is 1.62. The summed E-state index contributed by atoms with van der Waals surface area (Å²) < 4.78 is 41.6. The molecule has 7 heterocycles. The summed E-state index contributed by atoms with van der Waals surface area (Å²) in [7, 11) is 7.66. The molecule has 9 atom stereocenters. The van der Waals surface area contributed by atoms with Crippen molar-refractivity contribution in [2.24, 2.45) is 5.92 Å². The molecule has 11 rings (SSSR count). The zero-order valence-corrected chi connectivity index (χ0v) is 66.0. The third kappa shape index (κ3) is 24.0. The number of hydrogen-bond donors (Lipinski definition) is 7. The Hall–Kier alpha value is -9.48. The van der Waals surface area contributed by atoms with Crippen molar-refractivity contribution in [3.8, 4) is 5.75 Å². The van der Waals surface area contributed by atoms with E-state index in [4.69, 9.17) is 18.9 Å². The van der Waals surface area contributed by atoms with Crippen LogP contribution in [0.2, 0.25) is 0 Å². The van der Waals surface area contributed by atoms with E-state index < -0.39 is 132 Å². The predicted octanol–water partition coefficient (Wildman–Crippen LogP) is 5.08. The molecule has 0 saturated carbocycles. The number of amides is 9. The van der Waals surface area contributed by atoms with Crippen molar-refractivity contribution < 1.29 is 85.7 Å². The highest BCUT2D eigenvalue weighted by molar-refractivity contribution is 6.00. The number of ketones is 2. The Bertz CT molecular complexity index is 4110. The molecule has 2 fully saturated rings. The van der Waals surface area contributed by atoms with Gasteiger partial charge in [-0.25, -0.2) is 4.39 Å². The smallest absolute Gasteiger partial charge is 0.246 e. The summed E-state index contributed by atoms with van der Waals surface area (Å²) in [6.45, 7) is 4.80. The number of fused-ring (bicyclic) bond motifs is 16. The van der Waals surface area contributed by atoms with Crippen LogP contribution in [0.5, 0.6) is 5.75 Å². The van der Waals surface area contributed by atoms with Crippen molar-refractivity contribution in [3.63, 3.8) is 0 Å². The maximum Gasteiger partial charge on any atom is 0.246 e. The van der Waals surface area contributed by atoms with Crippen molar-refractivity contribution in [1.29, 1.82) is 0 Å². The zero-order valence-electron chi connectivity index (χ0n) is 66.0. The van der Waals surface area contributed by atoms with E-state index in [9.17, 15) is 29.1 Å². The summed E-state index contributed by atoms with van der Waals surface area (Å²) in [4.78, 5) is 169. The summed E-state index contributed by atoms with van der Waals surface area (Å²) >= 11 is 0. The molecule has 7 N–H and O–H groups in total. The number of quaternary nitrogens is 1. The molecule has 2 saturated heterocycles. The van der Waals surface area contributed by atoms with Gasteiger partial charge in [0.05, 0.1) is 78.5 Å². The zero-order chi connectivity index (χ0) is 79.4. The maximum atomic E-state index is 16.3. The lowest BCUT2D eigenvalue weighted by molar-refractivity contribution is -0.870. The molecule has 4 aromatic carbocycles. The largest absolute Gasteiger partial charge is 0.497 e. The van der Waals surface area contributed by atoms with E-state index in [2.05, 4.69) is 53.0 Å². The number of carbonyl (C=O) groups is 11. The second kappa shape index (κ2) is 40.8. The molecule has 12 bridgehead atoms. The molecule has 6 aliphatic rings. The van der Waals surface area contributed by atoms with Gasteiger partial charge in [-0.3, -0.25) is 52.7 Å². The van der Waals surface area contributed by atoms with Crippen LogP contribution in [-0.4, -0.2) is 236 Å². The molecule has 0 radical (unpaired) electrons. The Kier molecular flexibility index (Phi) is 31.5. The summed E-state index contributed by atoms with van der Waals surface area (Å²) in [5.74, 6) is -8.48. The monoisotopic (exact) mass is 1550 g/mol. The average molecular weight is 1550 g/mol. The SMILES string of the molecule is COc1ccc(C[C@@H]2NC(=O)[C@H]([C@@H](C)O)NC(=O)[C@@H]3[C@@H]4CCN3C(=O)[C@H]3CC(=O)[C@H](Cc5cccc(c5)CNC(=O)CO4)NC(=O)[C@@H](CNC(=O)CCOCCOCC[N+](C)(C)C)NC(=O)CCCC(=O)N(CCCCCCn4cc(c5cc(F)ccc54)C3)Cc3ccc(cc3)CCCC(=O)[C@]3(C)CCCN3C2=O)cc1.[CH3-]. The Morgan fingerprint density at radius 2 is 1.42 bits per heavy atom. The number of aromatic nitrogens is 1. The highest BCUT2D eigenvalue weighted by Crippen LogP contribution is 2.35. The number of halogens is 1. The number of ether oxygens (including phenoxy) is 4. The van der Waals surface area contributed by atoms with E-state index in [0.29, 0.717) is 115 Å². The number of carbonyl (C=O) groups excluding carboxylic acids is 11. The highest BCUT2D eigenvalue weighted by Gasteiger charge is 2.49. The van der Waals surface area contributed by atoms with Gasteiger partial charge < -0.3 is 87.1 Å². The first-order valence-corrected chi connectivity index (χ1v) is 39.2. The number of nitrogens with one attached hydrogen (secondary N) is 6. The fourth-order valence-corrected chi connectivity index (χ4v) is 15.4. The van der Waals surface area contributed by atoms with Crippen LogP contribution >= 0.6 is 0 Å². The molecule has 1 aromatic heterocycles. The Morgan fingerprint density at radius 1 is 0.696 bits per heavy atom. The number of aliphatic hydroxyl groups is 1. The van der Waals surface area contributed by atoms with Crippen LogP contribution < -0.4 is 36.6 Å². The van der Waals surface area contributed by atoms with E-state index in [1.54, 1.807) is 66.4 Å². The third-order valence-electron chi connectivity index (χ3n) is 21.8. The predicted molar refractivity (Wildman–Crippen MR) is 417 cm³/mol. The lowest BCUT2D eigenvalue weighted by atomic mass is 9.88. The van der Waals surface area contributed by atoms with Gasteiger partial charge in [0.1, 0.15) is 48.9 Å². The van der Waals surface area contributed by atoms with Crippen molar-refractivity contribution in [1.82, 2.24) is 51.2 Å². The number of likely N-dealkylation sites (N-methyl/N-ethyl adjacent to an activating group) is 1. The van der Waals surface area contributed by atoms with Gasteiger partial charge in [-0.1, -0.05) is 73.5 Å². The first-order chi connectivity index (χ1) is 53.2. The van der Waals surface area contributed by atoms with Crippen LogP contribution in [0, 0.1) is 19.2 Å². The summed E-state index contributed by atoms with van der Waals surface area (Å²) in [6.07, 6.45) is 2.05. The van der Waals surface area contributed by atoms with Gasteiger partial charge in [-0.2, -0.15) is 0 Å². The molecular weight excluding hydrogens is 1440 g/mol. The van der Waals surface area contributed by atoms with Gasteiger partial charge in [0, 0.05) is 107 Å². The van der Waals surface area contributed by atoms with Gasteiger partial charge >= 0.3 is 0 Å². The molecule has 608 valence electrons. The maximum absolute atomic E-state index is 16.3. The normalized spacial score (nSPS) is 24.1. The molecule has 0 unspecified atom stereocenters. The molecule has 28 heteroatoms. The number of rotatable bonds is 15. The lowest BCUT2D eigenvalue weighted by Crippen LogP contribution is -2.62. The molecule has 0 aliphatic carbocycles. The Labute approximate surface area is 656 Å². The van der Waals surface area contributed by atoms with Crippen LogP contribution in [0.15, 0.2) is 97.2 Å². The van der Waals surface area contributed by atoms with E-state index in [1.165, 1.54) is 36.0 Å². The summed E-state index contributed by atoms with van der Waals surface area (Å²) in [5, 5.41) is 28.9. The summed E-state index contributed by atoms with van der Waals surface area (Å²) in [6, 6.07) is 18.1. The molecule has 9 amide bonds. The fourth-order valence-electron chi connectivity index (χ4n) is 15.4. The van der Waals surface area contributed by atoms with Gasteiger partial charge in [-0.05, 0) is 142 Å². The van der Waals surface area contributed by atoms with E-state index in [-0.39, 0.29) is 116 Å². The minimum absolute atomic E-state index is 0.